The first kappa shape index (κ1) is 20.3. The van der Waals surface area contributed by atoms with E-state index >= 15 is 0 Å². The monoisotopic (exact) mass is 414 g/mol. The number of nitrogens with one attached hydrogen (secondary N) is 2. The van der Waals surface area contributed by atoms with E-state index in [1.807, 2.05) is 23.1 Å². The van der Waals surface area contributed by atoms with E-state index in [9.17, 15) is 4.79 Å². The van der Waals surface area contributed by atoms with Crippen LogP contribution in [-0.2, 0) is 13.0 Å². The van der Waals surface area contributed by atoms with E-state index in [-0.39, 0.29) is 5.56 Å². The standard InChI is InChI=1S/C21H23ClN4OS/c1-2-12-26(21(28)23-11-10-15-6-4-3-5-7-15)14-19-24-18-13-16(22)8-9-17(18)20(27)25-19/h3-9,13H,2,10-12,14H2,1H3,(H,23,28)(H,24,25,27). The number of aromatic amines is 1. The van der Waals surface area contributed by atoms with Crippen molar-refractivity contribution in [3.63, 3.8) is 0 Å². The van der Waals surface area contributed by atoms with E-state index in [4.69, 9.17) is 23.8 Å². The predicted molar refractivity (Wildman–Crippen MR) is 119 cm³/mol. The Kier molecular flexibility index (Phi) is 7.01. The first-order valence-corrected chi connectivity index (χ1v) is 10.1. The van der Waals surface area contributed by atoms with Gasteiger partial charge in [0.25, 0.3) is 5.56 Å². The van der Waals surface area contributed by atoms with Crippen molar-refractivity contribution in [2.24, 2.45) is 0 Å². The van der Waals surface area contributed by atoms with Crippen LogP contribution >= 0.6 is 23.8 Å². The van der Waals surface area contributed by atoms with Gasteiger partial charge in [0.2, 0.25) is 0 Å². The summed E-state index contributed by atoms with van der Waals surface area (Å²) < 4.78 is 0. The fourth-order valence-corrected chi connectivity index (χ4v) is 3.43. The third-order valence-corrected chi connectivity index (χ3v) is 5.01. The Labute approximate surface area is 174 Å². The highest BCUT2D eigenvalue weighted by molar-refractivity contribution is 7.80. The number of hydrogen-bond acceptors (Lipinski definition) is 3. The minimum absolute atomic E-state index is 0.170. The van der Waals surface area contributed by atoms with Gasteiger partial charge in [-0.05, 0) is 48.8 Å². The molecule has 5 nitrogen and oxygen atoms in total. The number of fused-ring (bicyclic) bond motifs is 1. The molecule has 0 saturated heterocycles. The molecule has 0 atom stereocenters. The largest absolute Gasteiger partial charge is 0.362 e. The van der Waals surface area contributed by atoms with E-state index in [0.29, 0.717) is 33.4 Å². The highest BCUT2D eigenvalue weighted by atomic mass is 35.5. The van der Waals surface area contributed by atoms with Crippen LogP contribution in [0.2, 0.25) is 5.02 Å². The van der Waals surface area contributed by atoms with E-state index in [1.165, 1.54) is 5.56 Å². The summed E-state index contributed by atoms with van der Waals surface area (Å²) in [6, 6.07) is 15.4. The molecule has 3 rings (SSSR count). The number of benzene rings is 2. The summed E-state index contributed by atoms with van der Waals surface area (Å²) in [7, 11) is 0. The molecule has 0 bridgehead atoms. The fraction of sp³-hybridized carbons (Fsp3) is 0.286. The maximum atomic E-state index is 12.3. The Morgan fingerprint density at radius 2 is 2.04 bits per heavy atom. The Morgan fingerprint density at radius 3 is 2.79 bits per heavy atom. The van der Waals surface area contributed by atoms with Crippen LogP contribution in [0.1, 0.15) is 24.7 Å². The third-order valence-electron chi connectivity index (χ3n) is 4.37. The molecular weight excluding hydrogens is 392 g/mol. The molecule has 1 aromatic heterocycles. The molecule has 146 valence electrons. The van der Waals surface area contributed by atoms with Crippen molar-refractivity contribution in [3.8, 4) is 0 Å². The SMILES string of the molecule is CCCN(Cc1nc2cc(Cl)ccc2c(=O)[nH]1)C(=S)NCCc1ccccc1. The van der Waals surface area contributed by atoms with Crippen LogP contribution in [0, 0.1) is 0 Å². The van der Waals surface area contributed by atoms with Gasteiger partial charge in [-0.2, -0.15) is 0 Å². The molecule has 0 radical (unpaired) electrons. The van der Waals surface area contributed by atoms with Gasteiger partial charge in [0.15, 0.2) is 5.11 Å². The van der Waals surface area contributed by atoms with Crippen LogP contribution in [0.3, 0.4) is 0 Å². The Balaban J connectivity index is 1.69. The fourth-order valence-electron chi connectivity index (χ4n) is 3.01. The smallest absolute Gasteiger partial charge is 0.258 e. The van der Waals surface area contributed by atoms with Gasteiger partial charge >= 0.3 is 0 Å². The molecule has 0 aliphatic carbocycles. The van der Waals surface area contributed by atoms with Crippen LogP contribution in [0.25, 0.3) is 10.9 Å². The average Bonchev–Trinajstić information content (AvgIpc) is 2.68. The highest BCUT2D eigenvalue weighted by Gasteiger charge is 2.12. The van der Waals surface area contributed by atoms with Gasteiger partial charge in [0.05, 0.1) is 17.4 Å². The van der Waals surface area contributed by atoms with Crippen molar-refractivity contribution in [1.29, 1.82) is 0 Å². The number of thiocarbonyl (C=S) groups is 1. The minimum atomic E-state index is -0.170. The molecule has 0 saturated carbocycles. The lowest BCUT2D eigenvalue weighted by Crippen LogP contribution is -2.41. The van der Waals surface area contributed by atoms with Crippen molar-refractivity contribution in [1.82, 2.24) is 20.2 Å². The van der Waals surface area contributed by atoms with Gasteiger partial charge in [-0.15, -0.1) is 0 Å². The van der Waals surface area contributed by atoms with Crippen molar-refractivity contribution >= 4 is 39.8 Å². The van der Waals surface area contributed by atoms with Gasteiger partial charge in [-0.25, -0.2) is 4.98 Å². The molecule has 0 spiro atoms. The van der Waals surface area contributed by atoms with Crippen molar-refractivity contribution in [3.05, 3.63) is 75.3 Å². The zero-order valence-corrected chi connectivity index (χ0v) is 17.3. The van der Waals surface area contributed by atoms with Gasteiger partial charge in [0, 0.05) is 18.1 Å². The number of nitrogens with zero attached hydrogens (tertiary/aromatic N) is 2. The number of aromatic nitrogens is 2. The van der Waals surface area contributed by atoms with Gasteiger partial charge in [-0.1, -0.05) is 48.9 Å². The molecule has 28 heavy (non-hydrogen) atoms. The molecule has 0 aliphatic rings. The summed E-state index contributed by atoms with van der Waals surface area (Å²) in [4.78, 5) is 21.8. The molecule has 3 aromatic rings. The Hall–Kier alpha value is -2.44. The lowest BCUT2D eigenvalue weighted by atomic mass is 10.1. The lowest BCUT2D eigenvalue weighted by Gasteiger charge is -2.25. The topological polar surface area (TPSA) is 61.0 Å². The van der Waals surface area contributed by atoms with Crippen molar-refractivity contribution in [2.45, 2.75) is 26.3 Å². The summed E-state index contributed by atoms with van der Waals surface area (Å²) in [5.74, 6) is 0.570. The zero-order chi connectivity index (χ0) is 19.9. The first-order chi connectivity index (χ1) is 13.6. The zero-order valence-electron chi connectivity index (χ0n) is 15.7. The predicted octanol–water partition coefficient (Wildman–Crippen LogP) is 3.91. The molecule has 1 heterocycles. The van der Waals surface area contributed by atoms with Crippen molar-refractivity contribution < 1.29 is 0 Å². The second-order valence-electron chi connectivity index (χ2n) is 6.56. The maximum Gasteiger partial charge on any atom is 0.258 e. The second kappa shape index (κ2) is 9.66. The summed E-state index contributed by atoms with van der Waals surface area (Å²) in [6.07, 6.45) is 1.83. The molecule has 2 N–H and O–H groups in total. The summed E-state index contributed by atoms with van der Waals surface area (Å²) >= 11 is 11.6. The number of hydrogen-bond donors (Lipinski definition) is 2. The van der Waals surface area contributed by atoms with Crippen LogP contribution in [0.4, 0.5) is 0 Å². The molecule has 0 fully saturated rings. The second-order valence-corrected chi connectivity index (χ2v) is 7.39. The van der Waals surface area contributed by atoms with Crippen LogP contribution in [0.15, 0.2) is 53.3 Å². The average molecular weight is 415 g/mol. The van der Waals surface area contributed by atoms with Crippen LogP contribution in [-0.4, -0.2) is 33.1 Å². The van der Waals surface area contributed by atoms with E-state index in [2.05, 4.69) is 34.3 Å². The van der Waals surface area contributed by atoms with Crippen molar-refractivity contribution in [2.75, 3.05) is 13.1 Å². The molecule has 0 aliphatic heterocycles. The summed E-state index contributed by atoms with van der Waals surface area (Å²) in [5.41, 5.74) is 1.68. The van der Waals surface area contributed by atoms with E-state index < -0.39 is 0 Å². The molecular formula is C21H23ClN4OS. The summed E-state index contributed by atoms with van der Waals surface area (Å²) in [6.45, 7) is 4.05. The van der Waals surface area contributed by atoms with Gasteiger partial charge in [-0.3, -0.25) is 4.79 Å². The Bertz CT molecular complexity index is 1010. The number of rotatable bonds is 7. The lowest BCUT2D eigenvalue weighted by molar-refractivity contribution is 0.394. The molecule has 2 aromatic carbocycles. The van der Waals surface area contributed by atoms with E-state index in [0.717, 1.165) is 25.9 Å². The molecule has 0 unspecified atom stereocenters. The third kappa shape index (κ3) is 5.30. The highest BCUT2D eigenvalue weighted by Crippen LogP contribution is 2.15. The van der Waals surface area contributed by atoms with Gasteiger partial charge < -0.3 is 15.2 Å². The van der Waals surface area contributed by atoms with Crippen LogP contribution < -0.4 is 10.9 Å². The number of halogens is 1. The van der Waals surface area contributed by atoms with Crippen LogP contribution in [0.5, 0.6) is 0 Å². The normalized spacial score (nSPS) is 10.8. The first-order valence-electron chi connectivity index (χ1n) is 9.32. The Morgan fingerprint density at radius 1 is 1.25 bits per heavy atom. The molecule has 0 amide bonds. The summed E-state index contributed by atoms with van der Waals surface area (Å²) in [5, 5.41) is 5.05. The van der Waals surface area contributed by atoms with E-state index in [1.54, 1.807) is 18.2 Å². The number of H-pyrrole nitrogens is 1. The quantitative estimate of drug-likeness (QED) is 0.574. The van der Waals surface area contributed by atoms with Gasteiger partial charge in [0.1, 0.15) is 5.82 Å². The molecule has 7 heteroatoms. The minimum Gasteiger partial charge on any atom is -0.362 e. The maximum absolute atomic E-state index is 12.3.